The van der Waals surface area contributed by atoms with Gasteiger partial charge in [0.25, 0.3) is 0 Å². The maximum Gasteiger partial charge on any atom is 0.189 e. The molecule has 0 saturated heterocycles. The second-order valence-electron chi connectivity index (χ2n) is 13.9. The molecule has 0 amide bonds. The highest BCUT2D eigenvalue weighted by molar-refractivity contribution is 6.24. The summed E-state index contributed by atoms with van der Waals surface area (Å²) in [6, 6.07) is 61.0. The molecule has 0 aliphatic heterocycles. The van der Waals surface area contributed by atoms with Gasteiger partial charge in [-0.2, -0.15) is 0 Å². The molecule has 0 N–H and O–H groups in total. The largest absolute Gasteiger partial charge is 0.310 e. The lowest BCUT2D eigenvalue weighted by molar-refractivity contribution is 1.18. The van der Waals surface area contributed by atoms with Crippen LogP contribution in [0.2, 0.25) is 0 Å². The average molecular weight is 672 g/mol. The number of hydrogen-bond acceptors (Lipinski definition) is 1. The molecule has 0 radical (unpaired) electrons. The predicted octanol–water partition coefficient (Wildman–Crippen LogP) is 13.8. The van der Waals surface area contributed by atoms with Crippen LogP contribution in [0.3, 0.4) is 0 Å². The van der Waals surface area contributed by atoms with E-state index in [1.54, 1.807) is 0 Å². The summed E-state index contributed by atoms with van der Waals surface area (Å²) in [6.45, 7) is 7.65. The van der Waals surface area contributed by atoms with Gasteiger partial charge < -0.3 is 4.57 Å². The van der Waals surface area contributed by atoms with Crippen LogP contribution in [-0.4, -0.2) is 9.55 Å². The zero-order chi connectivity index (χ0) is 35.0. The Morgan fingerprint density at radius 1 is 0.434 bits per heavy atom. The van der Waals surface area contributed by atoms with E-state index < -0.39 is 0 Å². The molecule has 3 heteroatoms. The fourth-order valence-electron chi connectivity index (χ4n) is 8.46. The molecule has 11 rings (SSSR count). The van der Waals surface area contributed by atoms with Crippen LogP contribution in [0.4, 0.5) is 5.69 Å². The zero-order valence-corrected chi connectivity index (χ0v) is 28.6. The summed E-state index contributed by atoms with van der Waals surface area (Å²) in [5.41, 5.74) is 12.0. The van der Waals surface area contributed by atoms with Gasteiger partial charge in [-0.15, -0.1) is 0 Å². The fourth-order valence-corrected chi connectivity index (χ4v) is 8.46. The van der Waals surface area contributed by atoms with Crippen LogP contribution in [0, 0.1) is 6.57 Å². The molecular formula is C50H29N3. The van der Waals surface area contributed by atoms with Gasteiger partial charge in [-0.1, -0.05) is 115 Å². The number of pyridine rings is 1. The van der Waals surface area contributed by atoms with Gasteiger partial charge in [0.05, 0.1) is 17.6 Å². The minimum absolute atomic E-state index is 0.643. The minimum atomic E-state index is 0.643. The van der Waals surface area contributed by atoms with Gasteiger partial charge in [0, 0.05) is 39.1 Å². The van der Waals surface area contributed by atoms with Crippen molar-refractivity contribution in [3.63, 3.8) is 0 Å². The molecule has 53 heavy (non-hydrogen) atoms. The quantitative estimate of drug-likeness (QED) is 0.135. The van der Waals surface area contributed by atoms with Gasteiger partial charge >= 0.3 is 0 Å². The topological polar surface area (TPSA) is 22.2 Å². The van der Waals surface area contributed by atoms with Gasteiger partial charge in [-0.25, -0.2) is 4.85 Å². The van der Waals surface area contributed by atoms with Crippen molar-refractivity contribution in [3.05, 3.63) is 187 Å². The van der Waals surface area contributed by atoms with Crippen LogP contribution in [0.25, 0.3) is 109 Å². The molecule has 11 aromatic rings. The molecule has 0 unspecified atom stereocenters. The van der Waals surface area contributed by atoms with Gasteiger partial charge in [0.15, 0.2) is 5.69 Å². The van der Waals surface area contributed by atoms with E-state index in [1.807, 2.05) is 30.5 Å². The van der Waals surface area contributed by atoms with Crippen LogP contribution in [0.5, 0.6) is 0 Å². The normalized spacial score (nSPS) is 11.8. The number of fused-ring (bicyclic) bond motifs is 4. The van der Waals surface area contributed by atoms with Crippen molar-refractivity contribution in [1.82, 2.24) is 9.55 Å². The predicted molar refractivity (Wildman–Crippen MR) is 222 cm³/mol. The Morgan fingerprint density at radius 2 is 1.02 bits per heavy atom. The number of hydrogen-bond donors (Lipinski definition) is 0. The van der Waals surface area contributed by atoms with Crippen molar-refractivity contribution in [2.24, 2.45) is 0 Å². The first-order valence-corrected chi connectivity index (χ1v) is 17.9. The van der Waals surface area contributed by atoms with E-state index in [0.717, 1.165) is 38.6 Å². The summed E-state index contributed by atoms with van der Waals surface area (Å²) in [6.07, 6.45) is 1.87. The molecule has 244 valence electrons. The van der Waals surface area contributed by atoms with Gasteiger partial charge in [0.2, 0.25) is 0 Å². The summed E-state index contributed by atoms with van der Waals surface area (Å²) in [5.74, 6) is 0. The minimum Gasteiger partial charge on any atom is -0.310 e. The number of nitrogens with zero attached hydrogens (tertiary/aromatic N) is 3. The molecule has 0 atom stereocenters. The third-order valence-electron chi connectivity index (χ3n) is 10.9. The van der Waals surface area contributed by atoms with Gasteiger partial charge in [-0.05, 0) is 115 Å². The van der Waals surface area contributed by atoms with E-state index in [-0.39, 0.29) is 0 Å². The summed E-state index contributed by atoms with van der Waals surface area (Å²) >= 11 is 0. The average Bonchev–Trinajstić information content (AvgIpc) is 3.55. The van der Waals surface area contributed by atoms with Crippen LogP contribution >= 0.6 is 0 Å². The van der Waals surface area contributed by atoms with E-state index in [0.29, 0.717) is 5.69 Å². The Kier molecular flexibility index (Phi) is 6.32. The Bertz CT molecular complexity index is 3200. The summed E-state index contributed by atoms with van der Waals surface area (Å²) in [4.78, 5) is 8.41. The molecule has 0 saturated carbocycles. The van der Waals surface area contributed by atoms with Crippen molar-refractivity contribution < 1.29 is 0 Å². The van der Waals surface area contributed by atoms with Crippen LogP contribution in [0.15, 0.2) is 176 Å². The van der Waals surface area contributed by atoms with E-state index in [2.05, 4.69) is 160 Å². The second-order valence-corrected chi connectivity index (χ2v) is 13.9. The van der Waals surface area contributed by atoms with Crippen LogP contribution in [0.1, 0.15) is 0 Å². The third kappa shape index (κ3) is 4.56. The highest BCUT2D eigenvalue weighted by Gasteiger charge is 2.16. The van der Waals surface area contributed by atoms with E-state index in [9.17, 15) is 0 Å². The lowest BCUT2D eigenvalue weighted by atomic mass is 9.89. The van der Waals surface area contributed by atoms with E-state index in [1.165, 1.54) is 65.5 Å². The maximum absolute atomic E-state index is 7.65. The number of aromatic nitrogens is 2. The first kappa shape index (κ1) is 29.5. The lowest BCUT2D eigenvalue weighted by Crippen LogP contribution is -1.93. The number of benzene rings is 9. The summed E-state index contributed by atoms with van der Waals surface area (Å²) < 4.78 is 2.29. The van der Waals surface area contributed by atoms with Crippen molar-refractivity contribution in [2.75, 3.05) is 0 Å². The van der Waals surface area contributed by atoms with Gasteiger partial charge in [-0.3, -0.25) is 4.98 Å². The lowest BCUT2D eigenvalue weighted by Gasteiger charge is -2.15. The molecule has 0 spiro atoms. The monoisotopic (exact) mass is 671 g/mol. The molecule has 0 aliphatic rings. The Morgan fingerprint density at radius 3 is 1.70 bits per heavy atom. The molecule has 9 aromatic carbocycles. The number of para-hydroxylation sites is 2. The number of rotatable bonds is 4. The molecule has 0 fully saturated rings. The maximum atomic E-state index is 7.65. The molecule has 3 nitrogen and oxygen atoms in total. The standard InChI is InChI=1S/C50H29N3/c1-51-41-21-23-45-44-22-20-34(29-46(44)53(47(45)30-41)42-9-3-2-4-10-42)40-27-37-18-16-35-25-39(26-36-17-19-38(28-40)49(37)48(35)36)31-12-14-32(15-13-31)43-11-5-7-33-8-6-24-52-50(33)43/h2-30H. The fraction of sp³-hybridized carbons (Fsp3) is 0. The SMILES string of the molecule is [C-]#[N+]c1ccc2c3ccc(-c4cc5ccc6cc(-c7ccc(-c8cccc9cccnc89)cc7)cc7ccc(c4)c5c67)cc3n(-c3ccccc3)c2c1. The Hall–Kier alpha value is -7.28. The van der Waals surface area contributed by atoms with Crippen molar-refractivity contribution in [3.8, 4) is 39.1 Å². The van der Waals surface area contributed by atoms with E-state index >= 15 is 0 Å². The molecular weight excluding hydrogens is 643 g/mol. The zero-order valence-electron chi connectivity index (χ0n) is 28.6. The first-order valence-electron chi connectivity index (χ1n) is 17.9. The first-order chi connectivity index (χ1) is 26.2. The third-order valence-corrected chi connectivity index (χ3v) is 10.9. The van der Waals surface area contributed by atoms with Gasteiger partial charge in [0.1, 0.15) is 0 Å². The highest BCUT2D eigenvalue weighted by Crippen LogP contribution is 2.42. The Balaban J connectivity index is 1.01. The molecule has 2 heterocycles. The second kappa shape index (κ2) is 11.4. The summed E-state index contributed by atoms with van der Waals surface area (Å²) in [5, 5.41) is 11.1. The molecule has 0 aliphatic carbocycles. The highest BCUT2D eigenvalue weighted by atomic mass is 15.0. The van der Waals surface area contributed by atoms with E-state index in [4.69, 9.17) is 6.57 Å². The van der Waals surface area contributed by atoms with Crippen LogP contribution in [-0.2, 0) is 0 Å². The van der Waals surface area contributed by atoms with Crippen LogP contribution < -0.4 is 0 Å². The summed E-state index contributed by atoms with van der Waals surface area (Å²) in [7, 11) is 0. The Labute approximate surface area is 305 Å². The van der Waals surface area contributed by atoms with Crippen molar-refractivity contribution in [2.45, 2.75) is 0 Å². The van der Waals surface area contributed by atoms with Crippen molar-refractivity contribution in [1.29, 1.82) is 0 Å². The molecule has 2 aromatic heterocycles. The van der Waals surface area contributed by atoms with Crippen molar-refractivity contribution >= 4 is 70.7 Å². The molecule has 0 bridgehead atoms. The smallest absolute Gasteiger partial charge is 0.189 e.